The van der Waals surface area contributed by atoms with Gasteiger partial charge in [-0.05, 0) is 67.9 Å². The van der Waals surface area contributed by atoms with Crippen LogP contribution in [0.2, 0.25) is 0 Å². The third-order valence-corrected chi connectivity index (χ3v) is 5.17. The molecule has 1 aromatic carbocycles. The Labute approximate surface area is 157 Å². The molecule has 0 spiro atoms. The zero-order valence-corrected chi connectivity index (χ0v) is 17.0. The molecule has 0 aliphatic rings. The summed E-state index contributed by atoms with van der Waals surface area (Å²) in [5, 5.41) is 5.90. The van der Waals surface area contributed by atoms with E-state index in [2.05, 4.69) is 58.3 Å². The molecule has 0 saturated heterocycles. The van der Waals surface area contributed by atoms with Crippen molar-refractivity contribution in [3.05, 3.63) is 47.4 Å². The molecule has 0 bridgehead atoms. The molecule has 8 heteroatoms. The van der Waals surface area contributed by atoms with E-state index in [-0.39, 0.29) is 12.5 Å². The average molecular weight is 511 g/mol. The van der Waals surface area contributed by atoms with Crippen LogP contribution in [-0.2, 0) is 4.79 Å². The number of aryl methyl sites for hydroxylation is 1. The first-order chi connectivity index (χ1) is 10.5. The second-order valence-electron chi connectivity index (χ2n) is 4.25. The van der Waals surface area contributed by atoms with Crippen LogP contribution in [0.3, 0.4) is 0 Å². The van der Waals surface area contributed by atoms with Crippen LogP contribution in [0.25, 0.3) is 0 Å². The summed E-state index contributed by atoms with van der Waals surface area (Å²) in [7, 11) is 0. The summed E-state index contributed by atoms with van der Waals surface area (Å²) in [5.41, 5.74) is 3.57. The van der Waals surface area contributed by atoms with Gasteiger partial charge >= 0.3 is 0 Å². The van der Waals surface area contributed by atoms with Crippen LogP contribution in [0.5, 0.6) is 5.75 Å². The standard InChI is InChI=1S/C14H11Br3N2O2S/c1-8-2-3-22-12(8)6-18-19-13(20)7-21-14-10(16)4-9(15)5-11(14)17/h2-6H,7H2,1H3,(H,19,20)/b18-6-. The van der Waals surface area contributed by atoms with E-state index in [1.165, 1.54) is 0 Å². The van der Waals surface area contributed by atoms with Crippen LogP contribution < -0.4 is 10.2 Å². The minimum Gasteiger partial charge on any atom is -0.481 e. The van der Waals surface area contributed by atoms with E-state index in [0.29, 0.717) is 5.75 Å². The normalized spacial score (nSPS) is 10.9. The SMILES string of the molecule is Cc1ccsc1/C=N\NC(=O)COc1c(Br)cc(Br)cc1Br. The van der Waals surface area contributed by atoms with Crippen LogP contribution in [0, 0.1) is 6.92 Å². The summed E-state index contributed by atoms with van der Waals surface area (Å²) in [6, 6.07) is 5.69. The van der Waals surface area contributed by atoms with Crippen molar-refractivity contribution in [3.8, 4) is 5.75 Å². The Balaban J connectivity index is 1.88. The van der Waals surface area contributed by atoms with Crippen molar-refractivity contribution in [2.24, 2.45) is 5.10 Å². The summed E-state index contributed by atoms with van der Waals surface area (Å²) in [6.07, 6.45) is 1.63. The maximum absolute atomic E-state index is 11.7. The van der Waals surface area contributed by atoms with E-state index < -0.39 is 0 Å². The van der Waals surface area contributed by atoms with Gasteiger partial charge in [-0.1, -0.05) is 15.9 Å². The van der Waals surface area contributed by atoms with E-state index >= 15 is 0 Å². The molecule has 0 radical (unpaired) electrons. The summed E-state index contributed by atoms with van der Waals surface area (Å²) >= 11 is 11.7. The first-order valence-electron chi connectivity index (χ1n) is 6.10. The molecular weight excluding hydrogens is 500 g/mol. The summed E-state index contributed by atoms with van der Waals surface area (Å²) in [5.74, 6) is 0.239. The lowest BCUT2D eigenvalue weighted by molar-refractivity contribution is -0.123. The first-order valence-corrected chi connectivity index (χ1v) is 9.36. The Bertz CT molecular complexity index is 693. The van der Waals surface area contributed by atoms with Crippen LogP contribution in [0.4, 0.5) is 0 Å². The van der Waals surface area contributed by atoms with Crippen molar-refractivity contribution in [1.29, 1.82) is 0 Å². The van der Waals surface area contributed by atoms with Crippen LogP contribution >= 0.6 is 59.1 Å². The highest BCUT2D eigenvalue weighted by Crippen LogP contribution is 2.36. The first kappa shape index (κ1) is 17.7. The Morgan fingerprint density at radius 3 is 2.64 bits per heavy atom. The molecule has 0 atom stereocenters. The fourth-order valence-corrected chi connectivity index (χ4v) is 4.79. The van der Waals surface area contributed by atoms with Crippen LogP contribution in [0.1, 0.15) is 10.4 Å². The van der Waals surface area contributed by atoms with Gasteiger partial charge in [-0.15, -0.1) is 11.3 Å². The lowest BCUT2D eigenvalue weighted by Crippen LogP contribution is -2.24. The molecule has 4 nitrogen and oxygen atoms in total. The largest absolute Gasteiger partial charge is 0.481 e. The number of hydrogen-bond acceptors (Lipinski definition) is 4. The number of ether oxygens (including phenoxy) is 1. The molecule has 0 fully saturated rings. The summed E-state index contributed by atoms with van der Waals surface area (Å²) in [6.45, 7) is 1.87. The molecule has 0 unspecified atom stereocenters. The van der Waals surface area contributed by atoms with E-state index in [4.69, 9.17) is 4.74 Å². The maximum atomic E-state index is 11.7. The molecule has 1 aromatic heterocycles. The fourth-order valence-electron chi connectivity index (χ4n) is 1.52. The van der Waals surface area contributed by atoms with Gasteiger partial charge in [0.15, 0.2) is 6.61 Å². The zero-order valence-electron chi connectivity index (χ0n) is 11.4. The van der Waals surface area contributed by atoms with E-state index in [1.54, 1.807) is 17.6 Å². The number of nitrogens with zero attached hydrogens (tertiary/aromatic N) is 1. The van der Waals surface area contributed by atoms with Gasteiger partial charge in [0.2, 0.25) is 0 Å². The highest BCUT2D eigenvalue weighted by atomic mass is 79.9. The van der Waals surface area contributed by atoms with E-state index in [1.807, 2.05) is 30.5 Å². The highest BCUT2D eigenvalue weighted by Gasteiger charge is 2.10. The van der Waals surface area contributed by atoms with E-state index in [9.17, 15) is 4.79 Å². The topological polar surface area (TPSA) is 50.7 Å². The number of carbonyl (C=O) groups is 1. The lowest BCUT2D eigenvalue weighted by Gasteiger charge is -2.09. The number of rotatable bonds is 5. The molecule has 0 aliphatic carbocycles. The number of halogens is 3. The second kappa shape index (κ2) is 8.24. The predicted molar refractivity (Wildman–Crippen MR) is 99.8 cm³/mol. The van der Waals surface area contributed by atoms with Crippen LogP contribution in [0.15, 0.2) is 42.1 Å². The van der Waals surface area contributed by atoms with Crippen LogP contribution in [-0.4, -0.2) is 18.7 Å². The van der Waals surface area contributed by atoms with Gasteiger partial charge in [-0.2, -0.15) is 5.10 Å². The van der Waals surface area contributed by atoms with Crippen molar-refractivity contribution in [2.45, 2.75) is 6.92 Å². The van der Waals surface area contributed by atoms with Crippen molar-refractivity contribution in [2.75, 3.05) is 6.61 Å². The number of hydrazone groups is 1. The number of thiophene rings is 1. The van der Waals surface area contributed by atoms with Crippen molar-refractivity contribution in [3.63, 3.8) is 0 Å². The molecule has 22 heavy (non-hydrogen) atoms. The quantitative estimate of drug-likeness (QED) is 0.461. The average Bonchev–Trinajstić information content (AvgIpc) is 2.83. The van der Waals surface area contributed by atoms with Gasteiger partial charge in [-0.25, -0.2) is 5.43 Å². The summed E-state index contributed by atoms with van der Waals surface area (Å²) < 4.78 is 7.90. The molecule has 1 heterocycles. The Morgan fingerprint density at radius 2 is 2.05 bits per heavy atom. The molecular formula is C14H11Br3N2O2S. The Kier molecular flexibility index (Phi) is 6.61. The van der Waals surface area contributed by atoms with Gasteiger partial charge in [0.05, 0.1) is 15.2 Å². The Hall–Kier alpha value is -0.700. The number of amides is 1. The molecule has 0 saturated carbocycles. The highest BCUT2D eigenvalue weighted by molar-refractivity contribution is 9.11. The monoisotopic (exact) mass is 508 g/mol. The van der Waals surface area contributed by atoms with Gasteiger partial charge in [-0.3, -0.25) is 4.79 Å². The Morgan fingerprint density at radius 1 is 1.36 bits per heavy atom. The minimum atomic E-state index is -0.327. The smallest absolute Gasteiger partial charge is 0.277 e. The van der Waals surface area contributed by atoms with Gasteiger partial charge in [0, 0.05) is 9.35 Å². The van der Waals surface area contributed by atoms with Crippen molar-refractivity contribution >= 4 is 71.2 Å². The summed E-state index contributed by atoms with van der Waals surface area (Å²) in [4.78, 5) is 12.7. The predicted octanol–water partition coefficient (Wildman–Crippen LogP) is 4.87. The molecule has 0 aliphatic heterocycles. The van der Waals surface area contributed by atoms with E-state index in [0.717, 1.165) is 23.9 Å². The number of nitrogens with one attached hydrogen (secondary N) is 1. The molecule has 1 amide bonds. The van der Waals surface area contributed by atoms with Gasteiger partial charge in [0.25, 0.3) is 5.91 Å². The number of carbonyl (C=O) groups excluding carboxylic acids is 1. The third-order valence-electron chi connectivity index (χ3n) is 2.58. The van der Waals surface area contributed by atoms with Gasteiger partial charge in [0.1, 0.15) is 5.75 Å². The number of hydrogen-bond donors (Lipinski definition) is 1. The molecule has 2 aromatic rings. The molecule has 116 valence electrons. The number of benzene rings is 1. The zero-order chi connectivity index (χ0) is 16.1. The third kappa shape index (κ3) is 4.91. The van der Waals surface area contributed by atoms with Gasteiger partial charge < -0.3 is 4.74 Å². The van der Waals surface area contributed by atoms with Crippen molar-refractivity contribution in [1.82, 2.24) is 5.43 Å². The molecule has 1 N–H and O–H groups in total. The maximum Gasteiger partial charge on any atom is 0.277 e. The molecule has 2 rings (SSSR count). The second-order valence-corrected chi connectivity index (χ2v) is 7.82. The lowest BCUT2D eigenvalue weighted by atomic mass is 10.3. The van der Waals surface area contributed by atoms with Crippen molar-refractivity contribution < 1.29 is 9.53 Å². The minimum absolute atomic E-state index is 0.125. The fraction of sp³-hybridized carbons (Fsp3) is 0.143.